The fourth-order valence-electron chi connectivity index (χ4n) is 5.12. The van der Waals surface area contributed by atoms with Gasteiger partial charge in [0.1, 0.15) is 0 Å². The van der Waals surface area contributed by atoms with Gasteiger partial charge in [-0.1, -0.05) is 36.4 Å². The molecule has 3 heterocycles. The second-order valence-corrected chi connectivity index (χ2v) is 9.91. The standard InChI is InChI=1S/C28H39N5O2/c34-27-13-19-32(22-24-8-4-14-29-20-24)16-5-9-25(10-15-30-27)28(35)31-26-11-17-33(18-12-26)21-23-6-2-1-3-7-23/h1-4,6-8,14,20,25-26H,5,9-13,15-19,21-22H2,(H,30,34)(H,31,35). The van der Waals surface area contributed by atoms with Gasteiger partial charge in [-0.25, -0.2) is 0 Å². The first kappa shape index (κ1) is 25.3. The van der Waals surface area contributed by atoms with Crippen molar-refractivity contribution in [1.82, 2.24) is 25.4 Å². The minimum absolute atomic E-state index is 0.0593. The molecule has 1 unspecified atom stereocenters. The van der Waals surface area contributed by atoms with Crippen LogP contribution in [0.5, 0.6) is 0 Å². The molecule has 0 saturated carbocycles. The molecule has 2 fully saturated rings. The van der Waals surface area contributed by atoms with E-state index in [4.69, 9.17) is 0 Å². The fraction of sp³-hybridized carbons (Fsp3) is 0.536. The van der Waals surface area contributed by atoms with Crippen molar-refractivity contribution in [2.45, 2.75) is 57.7 Å². The summed E-state index contributed by atoms with van der Waals surface area (Å²) in [4.78, 5) is 34.5. The van der Waals surface area contributed by atoms with Crippen molar-refractivity contribution < 1.29 is 9.59 Å². The molecule has 2 saturated heterocycles. The predicted octanol–water partition coefficient (Wildman–Crippen LogP) is 2.97. The van der Waals surface area contributed by atoms with Crippen LogP contribution >= 0.6 is 0 Å². The molecule has 2 aromatic rings. The van der Waals surface area contributed by atoms with Gasteiger partial charge >= 0.3 is 0 Å². The molecule has 1 aromatic heterocycles. The third-order valence-electron chi connectivity index (χ3n) is 7.18. The van der Waals surface area contributed by atoms with E-state index in [1.54, 1.807) is 6.20 Å². The molecule has 188 valence electrons. The number of carbonyl (C=O) groups is 2. The van der Waals surface area contributed by atoms with Gasteiger partial charge in [0.05, 0.1) is 0 Å². The minimum Gasteiger partial charge on any atom is -0.356 e. The normalized spacial score (nSPS) is 21.6. The number of nitrogens with one attached hydrogen (secondary N) is 2. The van der Waals surface area contributed by atoms with Crippen molar-refractivity contribution in [1.29, 1.82) is 0 Å². The van der Waals surface area contributed by atoms with Gasteiger partial charge in [-0.15, -0.1) is 0 Å². The van der Waals surface area contributed by atoms with E-state index in [1.807, 2.05) is 12.3 Å². The lowest BCUT2D eigenvalue weighted by molar-refractivity contribution is -0.127. The lowest BCUT2D eigenvalue weighted by Crippen LogP contribution is -2.46. The zero-order valence-electron chi connectivity index (χ0n) is 20.7. The Morgan fingerprint density at radius 3 is 2.43 bits per heavy atom. The Labute approximate surface area is 209 Å². The molecule has 1 aromatic carbocycles. The van der Waals surface area contributed by atoms with Crippen LogP contribution in [0.2, 0.25) is 0 Å². The molecular formula is C28H39N5O2. The summed E-state index contributed by atoms with van der Waals surface area (Å²) in [5.74, 6) is 0.155. The van der Waals surface area contributed by atoms with Gasteiger partial charge in [0.15, 0.2) is 0 Å². The second kappa shape index (κ2) is 13.4. The highest BCUT2D eigenvalue weighted by molar-refractivity contribution is 5.79. The van der Waals surface area contributed by atoms with Gasteiger partial charge in [-0.2, -0.15) is 0 Å². The number of pyridine rings is 1. The zero-order valence-corrected chi connectivity index (χ0v) is 20.7. The van der Waals surface area contributed by atoms with Crippen molar-refractivity contribution in [2.75, 3.05) is 32.7 Å². The van der Waals surface area contributed by atoms with E-state index in [0.29, 0.717) is 19.4 Å². The van der Waals surface area contributed by atoms with E-state index < -0.39 is 0 Å². The maximum absolute atomic E-state index is 13.2. The third kappa shape index (κ3) is 8.44. The number of aromatic nitrogens is 1. The first-order valence-corrected chi connectivity index (χ1v) is 13.1. The lowest BCUT2D eigenvalue weighted by Gasteiger charge is -2.33. The van der Waals surface area contributed by atoms with E-state index in [2.05, 4.69) is 61.8 Å². The number of piperidine rings is 1. The van der Waals surface area contributed by atoms with Gasteiger partial charge in [0, 0.05) is 70.0 Å². The molecule has 4 rings (SSSR count). The molecule has 0 bridgehead atoms. The van der Waals surface area contributed by atoms with Gasteiger partial charge in [0.2, 0.25) is 11.8 Å². The number of hydrogen-bond donors (Lipinski definition) is 2. The molecule has 1 atom stereocenters. The first-order valence-electron chi connectivity index (χ1n) is 13.1. The van der Waals surface area contributed by atoms with Crippen LogP contribution < -0.4 is 10.6 Å². The van der Waals surface area contributed by atoms with Gasteiger partial charge < -0.3 is 10.6 Å². The molecule has 0 spiro atoms. The Bertz CT molecular complexity index is 915. The monoisotopic (exact) mass is 477 g/mol. The van der Waals surface area contributed by atoms with Crippen LogP contribution in [0.1, 0.15) is 49.7 Å². The van der Waals surface area contributed by atoms with E-state index in [0.717, 1.165) is 70.5 Å². The van der Waals surface area contributed by atoms with Crippen LogP contribution in [0.25, 0.3) is 0 Å². The third-order valence-corrected chi connectivity index (χ3v) is 7.18. The summed E-state index contributed by atoms with van der Waals surface area (Å²) >= 11 is 0. The van der Waals surface area contributed by atoms with E-state index in [-0.39, 0.29) is 23.8 Å². The number of hydrogen-bond acceptors (Lipinski definition) is 5. The van der Waals surface area contributed by atoms with Crippen molar-refractivity contribution >= 4 is 11.8 Å². The number of likely N-dealkylation sites (tertiary alicyclic amines) is 1. The van der Waals surface area contributed by atoms with Crippen LogP contribution in [-0.4, -0.2) is 65.4 Å². The summed E-state index contributed by atoms with van der Waals surface area (Å²) in [5.41, 5.74) is 2.49. The summed E-state index contributed by atoms with van der Waals surface area (Å²) < 4.78 is 0. The van der Waals surface area contributed by atoms with E-state index in [1.165, 1.54) is 5.56 Å². The molecule has 0 aliphatic carbocycles. The van der Waals surface area contributed by atoms with Crippen molar-refractivity contribution in [3.05, 3.63) is 66.0 Å². The molecule has 2 aliphatic rings. The Balaban J connectivity index is 1.25. The summed E-state index contributed by atoms with van der Waals surface area (Å²) in [6, 6.07) is 14.8. The lowest BCUT2D eigenvalue weighted by atomic mass is 9.96. The van der Waals surface area contributed by atoms with Crippen molar-refractivity contribution in [3.8, 4) is 0 Å². The van der Waals surface area contributed by atoms with Crippen LogP contribution in [0.15, 0.2) is 54.9 Å². The van der Waals surface area contributed by atoms with Crippen molar-refractivity contribution in [3.63, 3.8) is 0 Å². The number of rotatable bonds is 6. The van der Waals surface area contributed by atoms with Gasteiger partial charge in [-0.3, -0.25) is 24.4 Å². The van der Waals surface area contributed by atoms with E-state index >= 15 is 0 Å². The first-order chi connectivity index (χ1) is 17.2. The molecule has 2 amide bonds. The number of nitrogens with zero attached hydrogens (tertiary/aromatic N) is 3. The fourth-order valence-corrected chi connectivity index (χ4v) is 5.12. The molecule has 0 radical (unpaired) electrons. The molecule has 7 heteroatoms. The number of amides is 2. The number of benzene rings is 1. The summed E-state index contributed by atoms with van der Waals surface area (Å²) in [6.45, 7) is 5.92. The maximum atomic E-state index is 13.2. The van der Waals surface area contributed by atoms with Gasteiger partial charge in [-0.05, 0) is 55.8 Å². The largest absolute Gasteiger partial charge is 0.356 e. The SMILES string of the molecule is O=C1CCN(Cc2cccnc2)CCCC(C(=O)NC2CCN(Cc3ccccc3)CC2)CCN1. The van der Waals surface area contributed by atoms with Crippen LogP contribution in [-0.2, 0) is 22.7 Å². The Morgan fingerprint density at radius 2 is 1.66 bits per heavy atom. The topological polar surface area (TPSA) is 77.6 Å². The Morgan fingerprint density at radius 1 is 0.914 bits per heavy atom. The molecule has 2 N–H and O–H groups in total. The smallest absolute Gasteiger partial charge is 0.223 e. The van der Waals surface area contributed by atoms with E-state index in [9.17, 15) is 9.59 Å². The summed E-state index contributed by atoms with van der Waals surface area (Å²) in [5, 5.41) is 6.35. The second-order valence-electron chi connectivity index (χ2n) is 9.91. The predicted molar refractivity (Wildman–Crippen MR) is 137 cm³/mol. The van der Waals surface area contributed by atoms with Crippen LogP contribution in [0.4, 0.5) is 0 Å². The van der Waals surface area contributed by atoms with Crippen molar-refractivity contribution in [2.24, 2.45) is 5.92 Å². The Hall–Kier alpha value is -2.77. The molecule has 35 heavy (non-hydrogen) atoms. The quantitative estimate of drug-likeness (QED) is 0.669. The molecule has 2 aliphatic heterocycles. The number of carbonyl (C=O) groups excluding carboxylic acids is 2. The molecule has 7 nitrogen and oxygen atoms in total. The van der Waals surface area contributed by atoms with Crippen LogP contribution in [0.3, 0.4) is 0 Å². The zero-order chi connectivity index (χ0) is 24.3. The summed E-state index contributed by atoms with van der Waals surface area (Å²) in [6.07, 6.45) is 8.61. The minimum atomic E-state index is -0.0593. The average molecular weight is 478 g/mol. The van der Waals surface area contributed by atoms with Crippen LogP contribution in [0, 0.1) is 5.92 Å². The highest BCUT2D eigenvalue weighted by Gasteiger charge is 2.25. The highest BCUT2D eigenvalue weighted by atomic mass is 16.2. The van der Waals surface area contributed by atoms with Gasteiger partial charge in [0.25, 0.3) is 0 Å². The Kier molecular flexibility index (Phi) is 9.66. The average Bonchev–Trinajstić information content (AvgIpc) is 2.92. The summed E-state index contributed by atoms with van der Waals surface area (Å²) in [7, 11) is 0. The molecular weight excluding hydrogens is 438 g/mol. The highest BCUT2D eigenvalue weighted by Crippen LogP contribution is 2.18. The maximum Gasteiger partial charge on any atom is 0.223 e.